The van der Waals surface area contributed by atoms with Gasteiger partial charge in [0.25, 0.3) is 0 Å². The van der Waals surface area contributed by atoms with Crippen LogP contribution in [0.4, 0.5) is 0 Å². The molecule has 1 aliphatic heterocycles. The number of likely N-dealkylation sites (tertiary alicyclic amines) is 1. The van der Waals surface area contributed by atoms with Gasteiger partial charge in [0.15, 0.2) is 0 Å². The molecule has 20 heavy (non-hydrogen) atoms. The molecule has 0 amide bonds. The minimum absolute atomic E-state index is 0.159. The first kappa shape index (κ1) is 13.1. The van der Waals surface area contributed by atoms with Gasteiger partial charge in [0.05, 0.1) is 6.42 Å². The molecule has 1 fully saturated rings. The van der Waals surface area contributed by atoms with Crippen molar-refractivity contribution in [2.45, 2.75) is 31.8 Å². The minimum atomic E-state index is -0.710. The number of aromatic nitrogens is 1. The van der Waals surface area contributed by atoms with E-state index in [0.29, 0.717) is 0 Å². The maximum absolute atomic E-state index is 10.9. The maximum atomic E-state index is 10.9. The van der Waals surface area contributed by atoms with Gasteiger partial charge in [-0.3, -0.25) is 14.7 Å². The second kappa shape index (κ2) is 5.59. The molecule has 1 atom stereocenters. The average Bonchev–Trinajstić information content (AvgIpc) is 2.86. The van der Waals surface area contributed by atoms with Crippen molar-refractivity contribution in [1.29, 1.82) is 0 Å². The van der Waals surface area contributed by atoms with Gasteiger partial charge < -0.3 is 5.11 Å². The molecule has 4 nitrogen and oxygen atoms in total. The Bertz CT molecular complexity index is 621. The summed E-state index contributed by atoms with van der Waals surface area (Å²) in [5.74, 6) is -0.710. The van der Waals surface area contributed by atoms with Crippen molar-refractivity contribution < 1.29 is 9.90 Å². The first-order chi connectivity index (χ1) is 9.74. The van der Waals surface area contributed by atoms with Crippen molar-refractivity contribution in [3.8, 4) is 0 Å². The van der Waals surface area contributed by atoms with E-state index < -0.39 is 5.97 Å². The predicted octanol–water partition coefficient (Wildman–Crippen LogP) is 2.67. The summed E-state index contributed by atoms with van der Waals surface area (Å²) in [7, 11) is 0. The number of hydrogen-bond donors (Lipinski definition) is 1. The monoisotopic (exact) mass is 270 g/mol. The van der Waals surface area contributed by atoms with Crippen molar-refractivity contribution in [3.63, 3.8) is 0 Å². The summed E-state index contributed by atoms with van der Waals surface area (Å²) in [6, 6.07) is 8.37. The van der Waals surface area contributed by atoms with E-state index in [9.17, 15) is 4.79 Å². The van der Waals surface area contributed by atoms with Crippen molar-refractivity contribution in [2.24, 2.45) is 0 Å². The number of nitrogens with zero attached hydrogens (tertiary/aromatic N) is 2. The van der Waals surface area contributed by atoms with E-state index in [1.54, 1.807) is 0 Å². The molecule has 0 aliphatic carbocycles. The topological polar surface area (TPSA) is 53.4 Å². The molecule has 1 saturated heterocycles. The van der Waals surface area contributed by atoms with Gasteiger partial charge in [0, 0.05) is 30.4 Å². The van der Waals surface area contributed by atoms with Crippen molar-refractivity contribution >= 4 is 16.7 Å². The fourth-order valence-corrected chi connectivity index (χ4v) is 3.06. The third kappa shape index (κ3) is 2.65. The number of pyridine rings is 1. The zero-order valence-electron chi connectivity index (χ0n) is 11.3. The van der Waals surface area contributed by atoms with E-state index in [4.69, 9.17) is 5.11 Å². The maximum Gasteiger partial charge on any atom is 0.304 e. The van der Waals surface area contributed by atoms with Crippen LogP contribution in [0.3, 0.4) is 0 Å². The summed E-state index contributed by atoms with van der Waals surface area (Å²) in [6.07, 6.45) is 6.06. The van der Waals surface area contributed by atoms with E-state index in [1.165, 1.54) is 10.9 Å². The molecule has 0 spiro atoms. The fourth-order valence-electron chi connectivity index (χ4n) is 3.06. The second-order valence-electron chi connectivity index (χ2n) is 5.38. The van der Waals surface area contributed by atoms with E-state index in [1.807, 2.05) is 24.5 Å². The summed E-state index contributed by atoms with van der Waals surface area (Å²) in [6.45, 7) is 1.76. The van der Waals surface area contributed by atoms with Crippen LogP contribution in [-0.4, -0.2) is 33.5 Å². The van der Waals surface area contributed by atoms with Crippen LogP contribution in [0.15, 0.2) is 36.7 Å². The molecule has 104 valence electrons. The summed E-state index contributed by atoms with van der Waals surface area (Å²) < 4.78 is 0. The molecule has 1 aliphatic rings. The molecule has 0 bridgehead atoms. The molecule has 1 unspecified atom stereocenters. The smallest absolute Gasteiger partial charge is 0.304 e. The van der Waals surface area contributed by atoms with E-state index in [0.717, 1.165) is 31.3 Å². The van der Waals surface area contributed by atoms with Gasteiger partial charge in [-0.05, 0) is 30.3 Å². The van der Waals surface area contributed by atoms with Gasteiger partial charge >= 0.3 is 5.97 Å². The first-order valence-corrected chi connectivity index (χ1v) is 7.01. The molecule has 4 heteroatoms. The zero-order chi connectivity index (χ0) is 13.9. The third-order valence-corrected chi connectivity index (χ3v) is 4.03. The summed E-state index contributed by atoms with van der Waals surface area (Å²) >= 11 is 0. The van der Waals surface area contributed by atoms with Gasteiger partial charge in [-0.1, -0.05) is 24.3 Å². The SMILES string of the molecule is O=C(O)CC1CCCN1Cc1cncc2ccccc12. The minimum Gasteiger partial charge on any atom is -0.481 e. The first-order valence-electron chi connectivity index (χ1n) is 7.01. The van der Waals surface area contributed by atoms with Crippen molar-refractivity contribution in [3.05, 3.63) is 42.2 Å². The van der Waals surface area contributed by atoms with Crippen LogP contribution in [-0.2, 0) is 11.3 Å². The Labute approximate surface area is 118 Å². The van der Waals surface area contributed by atoms with Crippen molar-refractivity contribution in [2.75, 3.05) is 6.54 Å². The van der Waals surface area contributed by atoms with E-state index in [-0.39, 0.29) is 12.5 Å². The molecule has 2 heterocycles. The van der Waals surface area contributed by atoms with Crippen LogP contribution >= 0.6 is 0 Å². The molecule has 0 saturated carbocycles. The van der Waals surface area contributed by atoms with Gasteiger partial charge in [0.2, 0.25) is 0 Å². The Balaban J connectivity index is 1.84. The highest BCUT2D eigenvalue weighted by molar-refractivity contribution is 5.84. The highest BCUT2D eigenvalue weighted by atomic mass is 16.4. The van der Waals surface area contributed by atoms with Gasteiger partial charge in [0.1, 0.15) is 0 Å². The Morgan fingerprint density at radius 1 is 1.35 bits per heavy atom. The number of carboxylic acids is 1. The summed E-state index contributed by atoms with van der Waals surface area (Å²) in [5, 5.41) is 11.3. The standard InChI is InChI=1S/C16H18N2O2/c19-16(20)8-14-5-3-7-18(14)11-13-10-17-9-12-4-1-2-6-15(12)13/h1-2,4,6,9-10,14H,3,5,7-8,11H2,(H,19,20). The zero-order valence-corrected chi connectivity index (χ0v) is 11.3. The number of hydrogen-bond acceptors (Lipinski definition) is 3. The number of aliphatic carboxylic acids is 1. The Kier molecular flexibility index (Phi) is 3.65. The lowest BCUT2D eigenvalue weighted by Gasteiger charge is -2.23. The Hall–Kier alpha value is -1.94. The molecular weight excluding hydrogens is 252 g/mol. The highest BCUT2D eigenvalue weighted by Gasteiger charge is 2.26. The predicted molar refractivity (Wildman–Crippen MR) is 77.4 cm³/mol. The van der Waals surface area contributed by atoms with Crippen LogP contribution in [0.2, 0.25) is 0 Å². The highest BCUT2D eigenvalue weighted by Crippen LogP contribution is 2.25. The number of carbonyl (C=O) groups is 1. The number of rotatable bonds is 4. The molecule has 0 radical (unpaired) electrons. The molecule has 1 aromatic heterocycles. The van der Waals surface area contributed by atoms with Crippen LogP contribution in [0.5, 0.6) is 0 Å². The van der Waals surface area contributed by atoms with E-state index >= 15 is 0 Å². The largest absolute Gasteiger partial charge is 0.481 e. The van der Waals surface area contributed by atoms with Crippen LogP contribution in [0.1, 0.15) is 24.8 Å². The molecule has 1 aromatic carbocycles. The van der Waals surface area contributed by atoms with Crippen molar-refractivity contribution in [1.82, 2.24) is 9.88 Å². The van der Waals surface area contributed by atoms with Crippen LogP contribution < -0.4 is 0 Å². The second-order valence-corrected chi connectivity index (χ2v) is 5.38. The lowest BCUT2D eigenvalue weighted by atomic mass is 10.1. The number of fused-ring (bicyclic) bond motifs is 1. The van der Waals surface area contributed by atoms with Gasteiger partial charge in [-0.15, -0.1) is 0 Å². The fraction of sp³-hybridized carbons (Fsp3) is 0.375. The third-order valence-electron chi connectivity index (χ3n) is 4.03. The lowest BCUT2D eigenvalue weighted by Crippen LogP contribution is -2.30. The quantitative estimate of drug-likeness (QED) is 0.928. The molecular formula is C16H18N2O2. The molecule has 1 N–H and O–H groups in total. The lowest BCUT2D eigenvalue weighted by molar-refractivity contribution is -0.138. The molecule has 3 rings (SSSR count). The average molecular weight is 270 g/mol. The van der Waals surface area contributed by atoms with Crippen LogP contribution in [0, 0.1) is 0 Å². The Morgan fingerprint density at radius 3 is 3.05 bits per heavy atom. The summed E-state index contributed by atoms with van der Waals surface area (Å²) in [5.41, 5.74) is 1.18. The van der Waals surface area contributed by atoms with Gasteiger partial charge in [-0.25, -0.2) is 0 Å². The Morgan fingerprint density at radius 2 is 2.20 bits per heavy atom. The molecule has 2 aromatic rings. The number of benzene rings is 1. The van der Waals surface area contributed by atoms with Crippen LogP contribution in [0.25, 0.3) is 10.8 Å². The van der Waals surface area contributed by atoms with Gasteiger partial charge in [-0.2, -0.15) is 0 Å². The summed E-state index contributed by atoms with van der Waals surface area (Å²) in [4.78, 5) is 17.5. The normalized spacial score (nSPS) is 19.5. The van der Waals surface area contributed by atoms with E-state index in [2.05, 4.69) is 22.0 Å². The number of carboxylic acid groups (broad SMARTS) is 1.